The van der Waals surface area contributed by atoms with E-state index in [9.17, 15) is 5.11 Å². The Morgan fingerprint density at radius 1 is 0.610 bits per heavy atom. The molecule has 4 heteroatoms. The lowest BCUT2D eigenvalue weighted by Crippen LogP contribution is -2.20. The van der Waals surface area contributed by atoms with Crippen molar-refractivity contribution in [1.82, 2.24) is 9.97 Å². The predicted molar refractivity (Wildman–Crippen MR) is 168 cm³/mol. The third-order valence-corrected chi connectivity index (χ3v) is 7.51. The van der Waals surface area contributed by atoms with Gasteiger partial charge < -0.3 is 5.11 Å². The summed E-state index contributed by atoms with van der Waals surface area (Å²) < 4.78 is 0. The molecule has 1 N–H and O–H groups in total. The van der Waals surface area contributed by atoms with Crippen molar-refractivity contribution in [2.24, 2.45) is 0 Å². The van der Waals surface area contributed by atoms with Crippen LogP contribution in [0.4, 0.5) is 17.2 Å². The average molecular weight is 534 g/mol. The molecule has 200 valence electrons. The summed E-state index contributed by atoms with van der Waals surface area (Å²) in [5, 5.41) is 11.1. The molecule has 6 aromatic rings. The zero-order chi connectivity index (χ0) is 28.2. The largest absolute Gasteiger partial charge is 0.507 e. The number of benzene rings is 4. The number of para-hydroxylation sites is 1. The molecular formula is C37H31N3O. The molecular weight excluding hydrogens is 502 g/mol. The van der Waals surface area contributed by atoms with Crippen LogP contribution in [0.1, 0.15) is 25.0 Å². The van der Waals surface area contributed by atoms with Gasteiger partial charge in [-0.1, -0.05) is 98.8 Å². The van der Waals surface area contributed by atoms with Crippen LogP contribution >= 0.6 is 0 Å². The molecule has 0 atom stereocenters. The fraction of sp³-hybridized carbons (Fsp3) is 0.0811. The molecule has 0 amide bonds. The second-order valence-electron chi connectivity index (χ2n) is 10.5. The number of hydrogen-bond donors (Lipinski definition) is 1. The summed E-state index contributed by atoms with van der Waals surface area (Å²) in [5.41, 5.74) is 7.13. The van der Waals surface area contributed by atoms with Crippen molar-refractivity contribution in [3.05, 3.63) is 157 Å². The van der Waals surface area contributed by atoms with Gasteiger partial charge in [0.1, 0.15) is 11.6 Å². The summed E-state index contributed by atoms with van der Waals surface area (Å²) in [5.74, 6) is 1.05. The molecule has 0 saturated carbocycles. The molecule has 4 aromatic carbocycles. The van der Waals surface area contributed by atoms with Crippen LogP contribution in [0.2, 0.25) is 0 Å². The monoisotopic (exact) mass is 533 g/mol. The Labute approximate surface area is 241 Å². The van der Waals surface area contributed by atoms with Crippen LogP contribution < -0.4 is 4.90 Å². The van der Waals surface area contributed by atoms with Crippen molar-refractivity contribution in [3.8, 4) is 28.3 Å². The first-order valence-corrected chi connectivity index (χ1v) is 13.7. The molecule has 0 aliphatic heterocycles. The van der Waals surface area contributed by atoms with Crippen LogP contribution in [-0.2, 0) is 5.41 Å². The third kappa shape index (κ3) is 5.20. The molecule has 0 fully saturated rings. The van der Waals surface area contributed by atoms with Crippen molar-refractivity contribution in [2.75, 3.05) is 4.90 Å². The van der Waals surface area contributed by atoms with Gasteiger partial charge in [-0.05, 0) is 65.7 Å². The number of rotatable bonds is 7. The normalized spacial score (nSPS) is 11.3. The second-order valence-corrected chi connectivity index (χ2v) is 10.5. The van der Waals surface area contributed by atoms with E-state index in [0.717, 1.165) is 45.3 Å². The van der Waals surface area contributed by atoms with Gasteiger partial charge in [-0.25, -0.2) is 9.97 Å². The lowest BCUT2D eigenvalue weighted by atomic mass is 9.75. The smallest absolute Gasteiger partial charge is 0.137 e. The molecule has 0 bridgehead atoms. The Balaban J connectivity index is 1.44. The van der Waals surface area contributed by atoms with Gasteiger partial charge in [0.25, 0.3) is 0 Å². The van der Waals surface area contributed by atoms with Gasteiger partial charge in [-0.3, -0.25) is 4.90 Å². The fourth-order valence-electron chi connectivity index (χ4n) is 5.36. The van der Waals surface area contributed by atoms with E-state index in [1.165, 1.54) is 5.56 Å². The highest BCUT2D eigenvalue weighted by Gasteiger charge is 2.28. The first kappa shape index (κ1) is 26.0. The summed E-state index contributed by atoms with van der Waals surface area (Å²) in [4.78, 5) is 11.9. The Hall–Kier alpha value is -5.22. The SMILES string of the molecule is CC(C)(c1ccccc1)c1cccc(O)c1-c1cccc(-c2cccc(N(c3ccccc3)c3ccccn3)c2)n1. The first-order valence-electron chi connectivity index (χ1n) is 13.7. The molecule has 0 aliphatic rings. The molecule has 2 aromatic heterocycles. The minimum atomic E-state index is -0.341. The highest BCUT2D eigenvalue weighted by atomic mass is 16.3. The summed E-state index contributed by atoms with van der Waals surface area (Å²) >= 11 is 0. The molecule has 4 nitrogen and oxygen atoms in total. The fourth-order valence-corrected chi connectivity index (χ4v) is 5.36. The van der Waals surface area contributed by atoms with Gasteiger partial charge in [0.15, 0.2) is 0 Å². The number of hydrogen-bond acceptors (Lipinski definition) is 4. The van der Waals surface area contributed by atoms with E-state index < -0.39 is 0 Å². The Kier molecular flexibility index (Phi) is 7.05. The van der Waals surface area contributed by atoms with Gasteiger partial charge >= 0.3 is 0 Å². The molecule has 0 spiro atoms. The Bertz CT molecular complexity index is 1730. The van der Waals surface area contributed by atoms with E-state index in [1.807, 2.05) is 72.8 Å². The zero-order valence-electron chi connectivity index (χ0n) is 23.1. The van der Waals surface area contributed by atoms with Crippen molar-refractivity contribution in [2.45, 2.75) is 19.3 Å². The quantitative estimate of drug-likeness (QED) is 0.222. The van der Waals surface area contributed by atoms with E-state index >= 15 is 0 Å². The van der Waals surface area contributed by atoms with Gasteiger partial charge in [-0.15, -0.1) is 0 Å². The van der Waals surface area contributed by atoms with E-state index in [-0.39, 0.29) is 11.2 Å². The number of aromatic hydroxyl groups is 1. The van der Waals surface area contributed by atoms with Crippen LogP contribution in [0.3, 0.4) is 0 Å². The first-order chi connectivity index (χ1) is 20.0. The van der Waals surface area contributed by atoms with Crippen LogP contribution in [-0.4, -0.2) is 15.1 Å². The van der Waals surface area contributed by atoms with E-state index in [2.05, 4.69) is 84.4 Å². The third-order valence-electron chi connectivity index (χ3n) is 7.51. The van der Waals surface area contributed by atoms with Crippen molar-refractivity contribution in [3.63, 3.8) is 0 Å². The van der Waals surface area contributed by atoms with Gasteiger partial charge in [0, 0.05) is 34.1 Å². The molecule has 0 unspecified atom stereocenters. The second kappa shape index (κ2) is 11.1. The van der Waals surface area contributed by atoms with E-state index in [1.54, 1.807) is 12.3 Å². The number of pyridine rings is 2. The maximum atomic E-state index is 11.1. The minimum absolute atomic E-state index is 0.218. The molecule has 0 saturated heterocycles. The van der Waals surface area contributed by atoms with Gasteiger partial charge in [-0.2, -0.15) is 0 Å². The number of aromatic nitrogens is 2. The van der Waals surface area contributed by atoms with Crippen molar-refractivity contribution >= 4 is 17.2 Å². The molecule has 6 rings (SSSR count). The number of anilines is 3. The minimum Gasteiger partial charge on any atom is -0.507 e. The number of nitrogens with zero attached hydrogens (tertiary/aromatic N) is 3. The highest BCUT2D eigenvalue weighted by Crippen LogP contribution is 2.42. The Morgan fingerprint density at radius 2 is 1.27 bits per heavy atom. The summed E-state index contributed by atoms with van der Waals surface area (Å²) in [6.45, 7) is 4.37. The lowest BCUT2D eigenvalue weighted by Gasteiger charge is -2.29. The average Bonchev–Trinajstić information content (AvgIpc) is 3.03. The van der Waals surface area contributed by atoms with Gasteiger partial charge in [0.05, 0.1) is 11.4 Å². The molecule has 0 aliphatic carbocycles. The van der Waals surface area contributed by atoms with Crippen LogP contribution in [0.5, 0.6) is 5.75 Å². The summed E-state index contributed by atoms with van der Waals surface area (Å²) in [6, 6.07) is 46.6. The molecule has 2 heterocycles. The summed E-state index contributed by atoms with van der Waals surface area (Å²) in [7, 11) is 0. The van der Waals surface area contributed by atoms with Crippen molar-refractivity contribution in [1.29, 1.82) is 0 Å². The van der Waals surface area contributed by atoms with Gasteiger partial charge in [0.2, 0.25) is 0 Å². The van der Waals surface area contributed by atoms with E-state index in [4.69, 9.17) is 4.98 Å². The van der Waals surface area contributed by atoms with Crippen LogP contribution in [0, 0.1) is 0 Å². The topological polar surface area (TPSA) is 49.2 Å². The maximum absolute atomic E-state index is 11.1. The molecule has 0 radical (unpaired) electrons. The predicted octanol–water partition coefficient (Wildman–Crippen LogP) is 9.31. The maximum Gasteiger partial charge on any atom is 0.137 e. The van der Waals surface area contributed by atoms with Crippen molar-refractivity contribution < 1.29 is 5.11 Å². The number of phenolic OH excluding ortho intramolecular Hbond substituents is 1. The zero-order valence-corrected chi connectivity index (χ0v) is 23.1. The van der Waals surface area contributed by atoms with Crippen LogP contribution in [0.15, 0.2) is 146 Å². The van der Waals surface area contributed by atoms with E-state index in [0.29, 0.717) is 0 Å². The standard InChI is InChI=1S/C37H31N3O/c1-37(2,28-15-5-3-6-16-28)31-20-12-23-34(41)36(31)33-22-13-21-32(39-33)27-14-11-19-30(26-27)40(29-17-7-4-8-18-29)35-24-9-10-25-38-35/h3-26,41H,1-2H3. The summed E-state index contributed by atoms with van der Waals surface area (Å²) in [6.07, 6.45) is 1.81. The van der Waals surface area contributed by atoms with Crippen LogP contribution in [0.25, 0.3) is 22.5 Å². The Morgan fingerprint density at radius 3 is 2.02 bits per heavy atom. The number of phenols is 1. The lowest BCUT2D eigenvalue weighted by molar-refractivity contribution is 0.474. The highest BCUT2D eigenvalue weighted by molar-refractivity contribution is 5.79. The molecule has 41 heavy (non-hydrogen) atoms.